The summed E-state index contributed by atoms with van der Waals surface area (Å²) in [6, 6.07) is 7.59. The van der Waals surface area contributed by atoms with Crippen molar-refractivity contribution in [3.05, 3.63) is 40.4 Å². The summed E-state index contributed by atoms with van der Waals surface area (Å²) in [4.78, 5) is 2.17. The zero-order valence-corrected chi connectivity index (χ0v) is 11.1. The fourth-order valence-electron chi connectivity index (χ4n) is 2.11. The maximum atomic E-state index is 9.12. The quantitative estimate of drug-likeness (QED) is 0.786. The van der Waals surface area contributed by atoms with Crippen LogP contribution in [0.1, 0.15) is 12.0 Å². The van der Waals surface area contributed by atoms with Gasteiger partial charge in [0.2, 0.25) is 0 Å². The highest BCUT2D eigenvalue weighted by molar-refractivity contribution is 6.30. The lowest BCUT2D eigenvalue weighted by Crippen LogP contribution is -2.29. The second-order valence-electron chi connectivity index (χ2n) is 4.26. The van der Waals surface area contributed by atoms with Crippen molar-refractivity contribution in [2.24, 2.45) is 0 Å². The molecule has 94 valence electrons. The van der Waals surface area contributed by atoms with E-state index in [4.69, 9.17) is 21.6 Å². The normalized spacial score (nSPS) is 15.2. The van der Waals surface area contributed by atoms with Crippen LogP contribution in [0, 0.1) is 11.3 Å². The van der Waals surface area contributed by atoms with Gasteiger partial charge in [0.1, 0.15) is 6.07 Å². The van der Waals surface area contributed by atoms with E-state index in [0.29, 0.717) is 17.2 Å². The fraction of sp³-hybridized carbons (Fsp3) is 0.357. The summed E-state index contributed by atoms with van der Waals surface area (Å²) < 4.78 is 5.13. The highest BCUT2D eigenvalue weighted by Gasteiger charge is 2.15. The third-order valence-corrected chi connectivity index (χ3v) is 3.29. The molecule has 0 unspecified atom stereocenters. The lowest BCUT2D eigenvalue weighted by molar-refractivity contribution is 0.222. The summed E-state index contributed by atoms with van der Waals surface area (Å²) in [6.07, 6.45) is 3.13. The monoisotopic (exact) mass is 262 g/mol. The summed E-state index contributed by atoms with van der Waals surface area (Å²) in [6.45, 7) is 2.38. The van der Waals surface area contributed by atoms with Gasteiger partial charge in [-0.25, -0.2) is 0 Å². The van der Waals surface area contributed by atoms with E-state index in [9.17, 15) is 0 Å². The first-order valence-electron chi connectivity index (χ1n) is 5.86. The van der Waals surface area contributed by atoms with Crippen LogP contribution in [-0.2, 0) is 4.74 Å². The molecule has 0 aromatic heterocycles. The molecule has 1 aromatic rings. The molecule has 1 aliphatic heterocycles. The van der Waals surface area contributed by atoms with Gasteiger partial charge in [0.15, 0.2) is 0 Å². The molecule has 0 atom stereocenters. The zero-order chi connectivity index (χ0) is 13.0. The molecule has 0 bridgehead atoms. The summed E-state index contributed by atoms with van der Waals surface area (Å²) in [7, 11) is 1.71. The average molecular weight is 263 g/mol. The van der Waals surface area contributed by atoms with Crippen LogP contribution in [-0.4, -0.2) is 26.8 Å². The van der Waals surface area contributed by atoms with Crippen molar-refractivity contribution in [3.8, 4) is 6.07 Å². The minimum absolute atomic E-state index is 0.663. The van der Waals surface area contributed by atoms with Crippen molar-refractivity contribution < 1.29 is 4.74 Å². The summed E-state index contributed by atoms with van der Waals surface area (Å²) in [5.74, 6) is 0. The van der Waals surface area contributed by atoms with Gasteiger partial charge in [-0.1, -0.05) is 17.7 Å². The minimum atomic E-state index is 0.663. The second-order valence-corrected chi connectivity index (χ2v) is 4.70. The molecule has 0 radical (unpaired) electrons. The van der Waals surface area contributed by atoms with Crippen molar-refractivity contribution in [1.29, 1.82) is 5.26 Å². The van der Waals surface area contributed by atoms with Gasteiger partial charge in [0, 0.05) is 25.2 Å². The molecule has 2 rings (SSSR count). The lowest BCUT2D eigenvalue weighted by Gasteiger charge is -2.29. The first kappa shape index (κ1) is 12.9. The van der Waals surface area contributed by atoms with Gasteiger partial charge in [-0.15, -0.1) is 0 Å². The molecule has 0 saturated carbocycles. The molecule has 0 N–H and O–H groups in total. The van der Waals surface area contributed by atoms with Crippen molar-refractivity contribution in [2.45, 2.75) is 6.42 Å². The number of hydrogen-bond donors (Lipinski definition) is 0. The Morgan fingerprint density at radius 2 is 2.33 bits per heavy atom. The molecule has 18 heavy (non-hydrogen) atoms. The van der Waals surface area contributed by atoms with Crippen LogP contribution in [0.25, 0.3) is 0 Å². The first-order valence-corrected chi connectivity index (χ1v) is 6.24. The Bertz CT molecular complexity index is 505. The molecule has 1 heterocycles. The van der Waals surface area contributed by atoms with Crippen LogP contribution < -0.4 is 4.90 Å². The van der Waals surface area contributed by atoms with E-state index in [0.717, 1.165) is 25.2 Å². The van der Waals surface area contributed by atoms with Gasteiger partial charge in [-0.2, -0.15) is 5.26 Å². The smallest absolute Gasteiger partial charge is 0.101 e. The summed E-state index contributed by atoms with van der Waals surface area (Å²) >= 11 is 6.00. The SMILES string of the molecule is COCC1=CCN(c2cc(Cl)ccc2C#N)CC1. The van der Waals surface area contributed by atoms with E-state index < -0.39 is 0 Å². The van der Waals surface area contributed by atoms with Gasteiger partial charge in [-0.05, 0) is 30.2 Å². The Kier molecular flexibility index (Phi) is 4.24. The van der Waals surface area contributed by atoms with Crippen molar-refractivity contribution in [1.82, 2.24) is 0 Å². The van der Waals surface area contributed by atoms with Crippen molar-refractivity contribution >= 4 is 17.3 Å². The van der Waals surface area contributed by atoms with E-state index in [1.165, 1.54) is 5.57 Å². The average Bonchev–Trinajstić information content (AvgIpc) is 2.40. The molecule has 4 heteroatoms. The first-order chi connectivity index (χ1) is 8.74. The van der Waals surface area contributed by atoms with E-state index in [1.807, 2.05) is 6.07 Å². The molecule has 3 nitrogen and oxygen atoms in total. The number of benzene rings is 1. The Balaban J connectivity index is 2.19. The molecule has 1 aliphatic rings. The third-order valence-electron chi connectivity index (χ3n) is 3.05. The molecule has 0 amide bonds. The molecule has 0 aliphatic carbocycles. The number of nitriles is 1. The maximum absolute atomic E-state index is 9.12. The van der Waals surface area contributed by atoms with Crippen LogP contribution in [0.4, 0.5) is 5.69 Å². The number of hydrogen-bond acceptors (Lipinski definition) is 3. The number of nitrogens with zero attached hydrogens (tertiary/aromatic N) is 2. The summed E-state index contributed by atoms with van der Waals surface area (Å²) in [5.41, 5.74) is 2.90. The number of rotatable bonds is 3. The van der Waals surface area contributed by atoms with Crippen LogP contribution in [0.3, 0.4) is 0 Å². The van der Waals surface area contributed by atoms with Gasteiger partial charge in [-0.3, -0.25) is 0 Å². The van der Waals surface area contributed by atoms with Crippen molar-refractivity contribution in [2.75, 3.05) is 31.7 Å². The zero-order valence-electron chi connectivity index (χ0n) is 10.3. The number of halogens is 1. The predicted octanol–water partition coefficient (Wildman–Crippen LogP) is 2.99. The third kappa shape index (κ3) is 2.84. The Hall–Kier alpha value is -1.50. The Morgan fingerprint density at radius 1 is 1.50 bits per heavy atom. The van der Waals surface area contributed by atoms with E-state index in [1.54, 1.807) is 19.2 Å². The van der Waals surface area contributed by atoms with Gasteiger partial charge in [0.25, 0.3) is 0 Å². The number of anilines is 1. The highest BCUT2D eigenvalue weighted by Crippen LogP contribution is 2.26. The molecular formula is C14H15ClN2O. The molecule has 0 saturated heterocycles. The minimum Gasteiger partial charge on any atom is -0.380 e. The fourth-order valence-corrected chi connectivity index (χ4v) is 2.27. The van der Waals surface area contributed by atoms with Gasteiger partial charge in [0.05, 0.1) is 17.9 Å². The van der Waals surface area contributed by atoms with Crippen molar-refractivity contribution in [3.63, 3.8) is 0 Å². The van der Waals surface area contributed by atoms with Crippen LogP contribution in [0.5, 0.6) is 0 Å². The number of ether oxygens (including phenoxy) is 1. The lowest BCUT2D eigenvalue weighted by atomic mass is 10.1. The van der Waals surface area contributed by atoms with Crippen LogP contribution in [0.15, 0.2) is 29.8 Å². The molecule has 1 aromatic carbocycles. The van der Waals surface area contributed by atoms with Gasteiger partial charge < -0.3 is 9.64 Å². The van der Waals surface area contributed by atoms with E-state index >= 15 is 0 Å². The Labute approximate surface area is 112 Å². The Morgan fingerprint density at radius 3 is 2.94 bits per heavy atom. The van der Waals surface area contributed by atoms with Gasteiger partial charge >= 0.3 is 0 Å². The topological polar surface area (TPSA) is 36.3 Å². The molecule has 0 spiro atoms. The van der Waals surface area contributed by atoms with E-state index in [2.05, 4.69) is 17.0 Å². The molecule has 0 fully saturated rings. The summed E-state index contributed by atoms with van der Waals surface area (Å²) in [5, 5.41) is 9.78. The largest absolute Gasteiger partial charge is 0.380 e. The predicted molar refractivity (Wildman–Crippen MR) is 73.0 cm³/mol. The number of methoxy groups -OCH3 is 1. The standard InChI is InChI=1S/C14H15ClN2O/c1-18-10-11-4-6-17(7-5-11)14-8-13(15)3-2-12(14)9-16/h2-4,8H,5-7,10H2,1H3. The maximum Gasteiger partial charge on any atom is 0.101 e. The molecular weight excluding hydrogens is 248 g/mol. The van der Waals surface area contributed by atoms with E-state index in [-0.39, 0.29) is 0 Å². The van der Waals surface area contributed by atoms with Crippen LogP contribution >= 0.6 is 11.6 Å². The second kappa shape index (κ2) is 5.90. The van der Waals surface area contributed by atoms with Crippen LogP contribution in [0.2, 0.25) is 5.02 Å². The highest BCUT2D eigenvalue weighted by atomic mass is 35.5.